The van der Waals surface area contributed by atoms with E-state index in [-0.39, 0.29) is 11.6 Å². The molecule has 3 heteroatoms. The first kappa shape index (κ1) is 15.5. The highest BCUT2D eigenvalue weighted by Crippen LogP contribution is 2.29. The van der Waals surface area contributed by atoms with Crippen molar-refractivity contribution in [1.82, 2.24) is 5.32 Å². The van der Waals surface area contributed by atoms with Crippen LogP contribution in [0.1, 0.15) is 60.3 Å². The minimum Gasteiger partial charge on any atom is -0.460 e. The molecule has 0 bridgehead atoms. The van der Waals surface area contributed by atoms with Gasteiger partial charge in [-0.3, -0.25) is 4.79 Å². The molecular formula is C15H29NO2. The molecule has 1 N–H and O–H groups in total. The van der Waals surface area contributed by atoms with E-state index in [1.165, 1.54) is 19.3 Å². The topological polar surface area (TPSA) is 38.3 Å². The van der Waals surface area contributed by atoms with Gasteiger partial charge in [0.1, 0.15) is 5.60 Å². The van der Waals surface area contributed by atoms with E-state index in [0.29, 0.717) is 12.5 Å². The molecule has 1 aliphatic rings. The first-order chi connectivity index (χ1) is 8.28. The second kappa shape index (κ2) is 6.55. The number of carbonyl (C=O) groups is 1. The molecule has 0 amide bonds. The highest BCUT2D eigenvalue weighted by atomic mass is 16.6. The summed E-state index contributed by atoms with van der Waals surface area (Å²) >= 11 is 0. The molecule has 0 spiro atoms. The van der Waals surface area contributed by atoms with Crippen LogP contribution >= 0.6 is 0 Å². The number of nitrogens with one attached hydrogen (secondary N) is 1. The summed E-state index contributed by atoms with van der Waals surface area (Å²) in [6.07, 6.45) is 4.23. The minimum absolute atomic E-state index is 0.104. The molecule has 3 unspecified atom stereocenters. The van der Waals surface area contributed by atoms with Gasteiger partial charge in [0.2, 0.25) is 0 Å². The van der Waals surface area contributed by atoms with Crippen molar-refractivity contribution in [3.63, 3.8) is 0 Å². The molecule has 0 aromatic heterocycles. The third kappa shape index (κ3) is 5.85. The predicted octanol–water partition coefficient (Wildman–Crippen LogP) is 3.13. The van der Waals surface area contributed by atoms with Crippen LogP contribution in [0.4, 0.5) is 0 Å². The predicted molar refractivity (Wildman–Crippen MR) is 74.4 cm³/mol. The van der Waals surface area contributed by atoms with E-state index in [1.807, 2.05) is 20.8 Å². The number of carbonyl (C=O) groups excluding carboxylic acids is 1. The van der Waals surface area contributed by atoms with Gasteiger partial charge in [-0.2, -0.15) is 0 Å². The first-order valence-electron chi connectivity index (χ1n) is 7.23. The Labute approximate surface area is 112 Å². The van der Waals surface area contributed by atoms with Crippen molar-refractivity contribution in [3.05, 3.63) is 0 Å². The maximum Gasteiger partial charge on any atom is 0.307 e. The average molecular weight is 255 g/mol. The summed E-state index contributed by atoms with van der Waals surface area (Å²) in [5, 5.41) is 3.49. The average Bonchev–Trinajstić information content (AvgIpc) is 2.20. The molecule has 3 atom stereocenters. The van der Waals surface area contributed by atoms with Gasteiger partial charge < -0.3 is 10.1 Å². The zero-order valence-electron chi connectivity index (χ0n) is 12.6. The standard InChI is InChI=1S/C15H29NO2/c1-11-6-7-13(10-12(11)2)16-9-8-14(17)18-15(3,4)5/h11-13,16H,6-10H2,1-5H3. The van der Waals surface area contributed by atoms with E-state index in [1.54, 1.807) is 0 Å². The van der Waals surface area contributed by atoms with Gasteiger partial charge in [0.15, 0.2) is 0 Å². The second-order valence-electron chi connectivity index (χ2n) is 6.76. The molecule has 1 saturated carbocycles. The lowest BCUT2D eigenvalue weighted by Gasteiger charge is -2.32. The van der Waals surface area contributed by atoms with Gasteiger partial charge in [-0.1, -0.05) is 13.8 Å². The van der Waals surface area contributed by atoms with Crippen molar-refractivity contribution in [1.29, 1.82) is 0 Å². The van der Waals surface area contributed by atoms with Gasteiger partial charge in [-0.15, -0.1) is 0 Å². The first-order valence-corrected chi connectivity index (χ1v) is 7.23. The summed E-state index contributed by atoms with van der Waals surface area (Å²) in [4.78, 5) is 11.6. The Morgan fingerprint density at radius 2 is 1.89 bits per heavy atom. The van der Waals surface area contributed by atoms with Crippen LogP contribution in [-0.2, 0) is 9.53 Å². The van der Waals surface area contributed by atoms with Crippen LogP contribution in [0.5, 0.6) is 0 Å². The number of hydrogen-bond donors (Lipinski definition) is 1. The molecule has 0 saturated heterocycles. The highest BCUT2D eigenvalue weighted by Gasteiger charge is 2.24. The Morgan fingerprint density at radius 1 is 1.22 bits per heavy atom. The third-order valence-electron chi connectivity index (χ3n) is 3.78. The van der Waals surface area contributed by atoms with E-state index < -0.39 is 0 Å². The van der Waals surface area contributed by atoms with Gasteiger partial charge in [0, 0.05) is 12.6 Å². The van der Waals surface area contributed by atoms with Crippen molar-refractivity contribution >= 4 is 5.97 Å². The third-order valence-corrected chi connectivity index (χ3v) is 3.78. The molecule has 18 heavy (non-hydrogen) atoms. The summed E-state index contributed by atoms with van der Waals surface area (Å²) in [6.45, 7) is 11.1. The fourth-order valence-electron chi connectivity index (χ4n) is 2.50. The van der Waals surface area contributed by atoms with Crippen molar-refractivity contribution in [2.24, 2.45) is 11.8 Å². The van der Waals surface area contributed by atoms with Gasteiger partial charge in [0.05, 0.1) is 6.42 Å². The normalized spacial score (nSPS) is 29.1. The fourth-order valence-corrected chi connectivity index (χ4v) is 2.50. The molecule has 1 fully saturated rings. The molecule has 0 aliphatic heterocycles. The van der Waals surface area contributed by atoms with E-state index in [9.17, 15) is 4.79 Å². The lowest BCUT2D eigenvalue weighted by Crippen LogP contribution is -2.37. The number of esters is 1. The van der Waals surface area contributed by atoms with Crippen molar-refractivity contribution < 1.29 is 9.53 Å². The summed E-state index contributed by atoms with van der Waals surface area (Å²) < 4.78 is 5.29. The Balaban J connectivity index is 2.16. The van der Waals surface area contributed by atoms with Gasteiger partial charge in [-0.05, 0) is 51.9 Å². The van der Waals surface area contributed by atoms with Crippen LogP contribution < -0.4 is 5.32 Å². The molecular weight excluding hydrogens is 226 g/mol. The maximum atomic E-state index is 11.6. The van der Waals surface area contributed by atoms with Crippen LogP contribution in [0.25, 0.3) is 0 Å². The lowest BCUT2D eigenvalue weighted by atomic mass is 9.79. The van der Waals surface area contributed by atoms with Crippen LogP contribution in [0, 0.1) is 11.8 Å². The summed E-state index contributed by atoms with van der Waals surface area (Å²) in [7, 11) is 0. The van der Waals surface area contributed by atoms with Crippen LogP contribution in [-0.4, -0.2) is 24.2 Å². The van der Waals surface area contributed by atoms with E-state index in [0.717, 1.165) is 18.4 Å². The molecule has 0 radical (unpaired) electrons. The van der Waals surface area contributed by atoms with Crippen LogP contribution in [0.2, 0.25) is 0 Å². The maximum absolute atomic E-state index is 11.6. The summed E-state index contributed by atoms with van der Waals surface area (Å²) in [5.74, 6) is 1.53. The SMILES string of the molecule is CC1CCC(NCCC(=O)OC(C)(C)C)CC1C. The van der Waals surface area contributed by atoms with Crippen molar-refractivity contribution in [2.75, 3.05) is 6.54 Å². The zero-order valence-corrected chi connectivity index (χ0v) is 12.6. The minimum atomic E-state index is -0.369. The molecule has 1 rings (SSSR count). The van der Waals surface area contributed by atoms with Gasteiger partial charge >= 0.3 is 5.97 Å². The summed E-state index contributed by atoms with van der Waals surface area (Å²) in [5.41, 5.74) is -0.369. The number of ether oxygens (including phenoxy) is 1. The van der Waals surface area contributed by atoms with E-state index >= 15 is 0 Å². The van der Waals surface area contributed by atoms with E-state index in [4.69, 9.17) is 4.74 Å². The smallest absolute Gasteiger partial charge is 0.307 e. The van der Waals surface area contributed by atoms with Crippen molar-refractivity contribution in [3.8, 4) is 0 Å². The highest BCUT2D eigenvalue weighted by molar-refractivity contribution is 5.70. The second-order valence-corrected chi connectivity index (χ2v) is 6.76. The zero-order chi connectivity index (χ0) is 13.8. The monoisotopic (exact) mass is 255 g/mol. The Morgan fingerprint density at radius 3 is 2.44 bits per heavy atom. The Hall–Kier alpha value is -0.570. The molecule has 3 nitrogen and oxygen atoms in total. The lowest BCUT2D eigenvalue weighted by molar-refractivity contribution is -0.154. The number of rotatable bonds is 4. The Bertz CT molecular complexity index is 270. The molecule has 106 valence electrons. The molecule has 1 aliphatic carbocycles. The Kier molecular flexibility index (Phi) is 5.64. The van der Waals surface area contributed by atoms with Crippen LogP contribution in [0.3, 0.4) is 0 Å². The van der Waals surface area contributed by atoms with Crippen LogP contribution in [0.15, 0.2) is 0 Å². The molecule has 0 aromatic carbocycles. The summed E-state index contributed by atoms with van der Waals surface area (Å²) in [6, 6.07) is 0.582. The molecule has 0 aromatic rings. The van der Waals surface area contributed by atoms with Crippen molar-refractivity contribution in [2.45, 2.75) is 71.9 Å². The quantitative estimate of drug-likeness (QED) is 0.784. The number of hydrogen-bond acceptors (Lipinski definition) is 3. The van der Waals surface area contributed by atoms with Gasteiger partial charge in [-0.25, -0.2) is 0 Å². The fraction of sp³-hybridized carbons (Fsp3) is 0.933. The largest absolute Gasteiger partial charge is 0.460 e. The molecule has 0 heterocycles. The van der Waals surface area contributed by atoms with Gasteiger partial charge in [0.25, 0.3) is 0 Å². The van der Waals surface area contributed by atoms with E-state index in [2.05, 4.69) is 19.2 Å².